The average molecular weight is 549 g/mol. The van der Waals surface area contributed by atoms with Crippen molar-refractivity contribution in [3.8, 4) is 0 Å². The summed E-state index contributed by atoms with van der Waals surface area (Å²) in [5, 5.41) is 10.6. The molecule has 3 heterocycles. The Labute approximate surface area is 192 Å². The quantitative estimate of drug-likeness (QED) is 0.351. The van der Waals surface area contributed by atoms with Crippen LogP contribution in [0.15, 0.2) is 43.3 Å². The highest BCUT2D eigenvalue weighted by molar-refractivity contribution is 9.10. The molecule has 1 N–H and O–H groups in total. The zero-order valence-corrected chi connectivity index (χ0v) is 19.6. The molecule has 1 aromatic carbocycles. The minimum Gasteiger partial charge on any atom is -0.748 e. The molecule has 0 bridgehead atoms. The molecule has 0 fully saturated rings. The second-order valence-corrected chi connectivity index (χ2v) is 11.0. The van der Waals surface area contributed by atoms with E-state index >= 15 is 0 Å². The van der Waals surface area contributed by atoms with E-state index in [1.165, 1.54) is 35.2 Å². The molecule has 0 amide bonds. The summed E-state index contributed by atoms with van der Waals surface area (Å²) in [5.41, 5.74) is 1.17. The number of benzene rings is 1. The van der Waals surface area contributed by atoms with Crippen LogP contribution in [0.2, 0.25) is 0 Å². The summed E-state index contributed by atoms with van der Waals surface area (Å²) in [6, 6.07) is 5.98. The van der Waals surface area contributed by atoms with E-state index in [0.29, 0.717) is 30.8 Å². The molecule has 0 saturated carbocycles. The normalized spacial score (nSPS) is 15.2. The molecule has 0 spiro atoms. The number of rotatable bonds is 7. The standard InChI is InChI=1S/C18H14BrFN2O6S3/c19-14-7-12-18(28-14)30-16(22(12)9-17(23)24)8-15-21(4-1-5-31(25,26)27)11-6-10(20)2-3-13(11)29-15/h2-3,6-8H,1,4-5,9H2,(H-,23,24,25,26,27). The number of thiazole rings is 1. The number of aliphatic carboxylic acids is 1. The van der Waals surface area contributed by atoms with E-state index < -0.39 is 27.7 Å². The number of anilines is 1. The number of halogens is 2. The first kappa shape index (κ1) is 22.3. The van der Waals surface area contributed by atoms with Crippen LogP contribution in [-0.4, -0.2) is 36.3 Å². The lowest BCUT2D eigenvalue weighted by atomic mass is 10.2. The van der Waals surface area contributed by atoms with E-state index in [1.807, 2.05) is 0 Å². The number of nitrogens with zero attached hydrogens (tertiary/aromatic N) is 2. The second-order valence-electron chi connectivity index (χ2n) is 6.61. The third-order valence-corrected chi connectivity index (χ3v) is 7.73. The zero-order chi connectivity index (χ0) is 22.3. The first-order chi connectivity index (χ1) is 14.6. The predicted octanol–water partition coefficient (Wildman–Crippen LogP) is 3.61. The number of carbonyl (C=O) groups is 1. The van der Waals surface area contributed by atoms with Gasteiger partial charge in [0.15, 0.2) is 4.67 Å². The second kappa shape index (κ2) is 8.54. The lowest BCUT2D eigenvalue weighted by molar-refractivity contribution is -0.657. The molecule has 31 heavy (non-hydrogen) atoms. The van der Waals surface area contributed by atoms with Crippen LogP contribution >= 0.6 is 39.0 Å². The number of aromatic nitrogens is 1. The summed E-state index contributed by atoms with van der Waals surface area (Å²) in [7, 11) is -4.37. The lowest BCUT2D eigenvalue weighted by Gasteiger charge is -2.20. The van der Waals surface area contributed by atoms with Crippen LogP contribution in [0, 0.1) is 5.82 Å². The molecule has 0 aliphatic carbocycles. The fourth-order valence-corrected chi connectivity index (χ4v) is 6.38. The summed E-state index contributed by atoms with van der Waals surface area (Å²) >= 11 is 5.84. The molecule has 164 valence electrons. The summed E-state index contributed by atoms with van der Waals surface area (Å²) in [5.74, 6) is -2.00. The van der Waals surface area contributed by atoms with Crippen molar-refractivity contribution < 1.29 is 36.2 Å². The van der Waals surface area contributed by atoms with Gasteiger partial charge in [-0.3, -0.25) is 0 Å². The number of carboxylic acids is 1. The van der Waals surface area contributed by atoms with Crippen molar-refractivity contribution in [2.45, 2.75) is 17.9 Å². The maximum atomic E-state index is 13.9. The minimum absolute atomic E-state index is 0.0640. The fourth-order valence-electron chi connectivity index (χ4n) is 3.19. The van der Waals surface area contributed by atoms with Gasteiger partial charge >= 0.3 is 5.97 Å². The smallest absolute Gasteiger partial charge is 0.370 e. The van der Waals surface area contributed by atoms with Gasteiger partial charge in [0.05, 0.1) is 33.0 Å². The number of hydrogen-bond donors (Lipinski definition) is 1. The van der Waals surface area contributed by atoms with E-state index in [4.69, 9.17) is 4.42 Å². The Kier molecular flexibility index (Phi) is 6.14. The summed E-state index contributed by atoms with van der Waals surface area (Å²) in [4.78, 5) is 14.4. The summed E-state index contributed by atoms with van der Waals surface area (Å²) < 4.78 is 54.5. The Balaban J connectivity index is 1.74. The van der Waals surface area contributed by atoms with E-state index in [0.717, 1.165) is 4.90 Å². The van der Waals surface area contributed by atoms with Crippen LogP contribution < -0.4 is 9.47 Å². The van der Waals surface area contributed by atoms with E-state index in [2.05, 4.69) is 15.9 Å². The summed E-state index contributed by atoms with van der Waals surface area (Å²) in [6.45, 7) is -0.103. The van der Waals surface area contributed by atoms with Gasteiger partial charge in [0.25, 0.3) is 15.4 Å². The predicted molar refractivity (Wildman–Crippen MR) is 116 cm³/mol. The zero-order valence-electron chi connectivity index (χ0n) is 15.6. The molecule has 1 aliphatic heterocycles. The monoisotopic (exact) mass is 548 g/mol. The Bertz CT molecular complexity index is 1320. The first-order valence-electron chi connectivity index (χ1n) is 8.84. The molecule has 0 radical (unpaired) electrons. The number of fused-ring (bicyclic) bond motifs is 2. The number of thioether (sulfide) groups is 1. The first-order valence-corrected chi connectivity index (χ1v) is 12.8. The highest BCUT2D eigenvalue weighted by Gasteiger charge is 2.30. The molecule has 13 heteroatoms. The minimum atomic E-state index is -4.37. The highest BCUT2D eigenvalue weighted by Crippen LogP contribution is 2.47. The van der Waals surface area contributed by atoms with Crippen LogP contribution in [-0.2, 0) is 21.5 Å². The molecular weight excluding hydrogens is 535 g/mol. The van der Waals surface area contributed by atoms with Crippen molar-refractivity contribution in [2.75, 3.05) is 17.2 Å². The topological polar surface area (TPSA) is 115 Å². The van der Waals surface area contributed by atoms with Crippen molar-refractivity contribution >= 4 is 77.3 Å². The van der Waals surface area contributed by atoms with Gasteiger partial charge < -0.3 is 19.0 Å². The van der Waals surface area contributed by atoms with Crippen molar-refractivity contribution in [2.24, 2.45) is 0 Å². The maximum Gasteiger partial charge on any atom is 0.370 e. The molecular formula is C18H14BrFN2O6S3. The summed E-state index contributed by atoms with van der Waals surface area (Å²) in [6.07, 6.45) is 1.82. The van der Waals surface area contributed by atoms with Crippen LogP contribution in [0.1, 0.15) is 11.4 Å². The van der Waals surface area contributed by atoms with Gasteiger partial charge in [-0.2, -0.15) is 4.57 Å². The number of furan rings is 1. The fraction of sp³-hybridized carbons (Fsp3) is 0.222. The Morgan fingerprint density at radius 1 is 1.39 bits per heavy atom. The van der Waals surface area contributed by atoms with Crippen LogP contribution in [0.4, 0.5) is 10.1 Å². The molecule has 1 aliphatic rings. The van der Waals surface area contributed by atoms with Gasteiger partial charge in [0.2, 0.25) is 6.54 Å². The molecule has 0 saturated heterocycles. The van der Waals surface area contributed by atoms with Crippen LogP contribution in [0.5, 0.6) is 0 Å². The molecule has 0 atom stereocenters. The van der Waals surface area contributed by atoms with Crippen LogP contribution in [0.25, 0.3) is 16.5 Å². The third-order valence-electron chi connectivity index (χ3n) is 4.41. The van der Waals surface area contributed by atoms with Crippen molar-refractivity contribution in [1.29, 1.82) is 0 Å². The lowest BCUT2D eigenvalue weighted by Crippen LogP contribution is -2.39. The van der Waals surface area contributed by atoms with E-state index in [-0.39, 0.29) is 19.5 Å². The Morgan fingerprint density at radius 2 is 2.16 bits per heavy atom. The maximum absolute atomic E-state index is 13.9. The van der Waals surface area contributed by atoms with Gasteiger partial charge in [-0.25, -0.2) is 17.6 Å². The number of carboxylic acid groups (broad SMARTS) is 1. The Hall–Kier alpha value is -1.93. The van der Waals surface area contributed by atoms with E-state index in [1.54, 1.807) is 27.7 Å². The molecule has 4 rings (SSSR count). The molecule has 8 nitrogen and oxygen atoms in total. The largest absolute Gasteiger partial charge is 0.748 e. The number of hydrogen-bond acceptors (Lipinski definition) is 8. The van der Waals surface area contributed by atoms with Crippen LogP contribution in [0.3, 0.4) is 0 Å². The van der Waals surface area contributed by atoms with Gasteiger partial charge in [0.1, 0.15) is 5.82 Å². The van der Waals surface area contributed by atoms with E-state index in [9.17, 15) is 27.3 Å². The van der Waals surface area contributed by atoms with Crippen molar-refractivity contribution in [1.82, 2.24) is 0 Å². The van der Waals surface area contributed by atoms with Gasteiger partial charge in [-0.15, -0.1) is 0 Å². The highest BCUT2D eigenvalue weighted by atomic mass is 79.9. The van der Waals surface area contributed by atoms with Crippen molar-refractivity contribution in [3.63, 3.8) is 0 Å². The van der Waals surface area contributed by atoms with Gasteiger partial charge in [-0.05, 0) is 51.9 Å². The Morgan fingerprint density at radius 3 is 2.87 bits per heavy atom. The molecule has 3 aromatic rings. The SMILES string of the molecule is O=C(O)C[n+]1c(C=C2Sc3ccc(F)cc3N2CCCS(=O)(=O)[O-])sc2oc(Br)cc21. The average Bonchev–Trinajstić information content (AvgIpc) is 3.27. The van der Waals surface area contributed by atoms with Gasteiger partial charge in [-0.1, -0.05) is 11.8 Å². The molecule has 2 aromatic heterocycles. The third kappa shape index (κ3) is 4.95. The molecule has 0 unspecified atom stereocenters. The van der Waals surface area contributed by atoms with Gasteiger partial charge in [0, 0.05) is 17.2 Å². The van der Waals surface area contributed by atoms with Crippen molar-refractivity contribution in [3.05, 3.63) is 44.8 Å².